The SMILES string of the molecule is CC(=O)CC(=O)O.CC(=O)CC(=O)O.CC(C)C[O][Ti](=[O])[O]CC(C)C. The Morgan fingerprint density at radius 1 is 0.769 bits per heavy atom. The van der Waals surface area contributed by atoms with Crippen molar-refractivity contribution in [2.24, 2.45) is 11.8 Å². The van der Waals surface area contributed by atoms with Crippen LogP contribution in [0.5, 0.6) is 0 Å². The molecule has 0 aromatic rings. The molecule has 0 spiro atoms. The van der Waals surface area contributed by atoms with Crippen LogP contribution in [-0.4, -0.2) is 46.9 Å². The predicted octanol–water partition coefficient (Wildman–Crippen LogP) is 2.23. The number of ketones is 2. The number of hydrogen-bond donors (Lipinski definition) is 2. The van der Waals surface area contributed by atoms with Gasteiger partial charge in [-0.2, -0.15) is 0 Å². The third-order valence-corrected chi connectivity index (χ3v) is 3.13. The maximum atomic E-state index is 11.1. The Bertz CT molecular complexity index is 395. The molecule has 0 aliphatic rings. The molecule has 0 bridgehead atoms. The second-order valence-corrected chi connectivity index (χ2v) is 7.89. The van der Waals surface area contributed by atoms with Crippen molar-refractivity contribution in [2.45, 2.75) is 54.4 Å². The van der Waals surface area contributed by atoms with Crippen molar-refractivity contribution in [3.63, 3.8) is 0 Å². The fraction of sp³-hybridized carbons (Fsp3) is 0.750. The van der Waals surface area contributed by atoms with Crippen LogP contribution in [0.3, 0.4) is 0 Å². The molecule has 10 heteroatoms. The van der Waals surface area contributed by atoms with Crippen molar-refractivity contribution in [1.82, 2.24) is 0 Å². The number of carbonyl (C=O) groups is 4. The van der Waals surface area contributed by atoms with E-state index in [9.17, 15) is 22.5 Å². The fourth-order valence-corrected chi connectivity index (χ4v) is 2.53. The molecule has 0 saturated carbocycles. The van der Waals surface area contributed by atoms with Crippen LogP contribution in [0.25, 0.3) is 0 Å². The van der Waals surface area contributed by atoms with Crippen molar-refractivity contribution in [2.75, 3.05) is 13.2 Å². The van der Waals surface area contributed by atoms with Gasteiger partial charge in [-0.05, 0) is 13.8 Å². The zero-order valence-electron chi connectivity index (χ0n) is 16.2. The summed E-state index contributed by atoms with van der Waals surface area (Å²) in [6, 6.07) is 0. The van der Waals surface area contributed by atoms with E-state index in [2.05, 4.69) is 0 Å². The Morgan fingerprint density at radius 2 is 1.04 bits per heavy atom. The number of Topliss-reactive ketones (excluding diaryl/α,β-unsaturated/α-hetero) is 2. The standard InChI is InChI=1S/2C4H6O3.2C4H9O.O.Ti/c2*1-3(5)2-4(6)7;2*1-4(2)3-5;;/h2*2H2,1H3,(H,6,7);2*4H,3H2,1-2H3;;/q;;2*-1;;+2. The van der Waals surface area contributed by atoms with Gasteiger partial charge in [0.2, 0.25) is 0 Å². The molecule has 0 heterocycles. The van der Waals surface area contributed by atoms with Crippen molar-refractivity contribution < 1.29 is 58.0 Å². The van der Waals surface area contributed by atoms with Crippen LogP contribution >= 0.6 is 0 Å². The van der Waals surface area contributed by atoms with Crippen LogP contribution in [0.2, 0.25) is 0 Å². The fourth-order valence-electron chi connectivity index (χ4n) is 0.937. The average molecular weight is 414 g/mol. The van der Waals surface area contributed by atoms with E-state index in [1.165, 1.54) is 13.8 Å². The van der Waals surface area contributed by atoms with Gasteiger partial charge in [0.05, 0.1) is 0 Å². The van der Waals surface area contributed by atoms with Crippen molar-refractivity contribution >= 4 is 23.5 Å². The van der Waals surface area contributed by atoms with Gasteiger partial charge < -0.3 is 10.2 Å². The summed E-state index contributed by atoms with van der Waals surface area (Å²) in [6.45, 7) is 11.7. The van der Waals surface area contributed by atoms with E-state index < -0.39 is 30.6 Å². The van der Waals surface area contributed by atoms with Gasteiger partial charge in [-0.3, -0.25) is 19.2 Å². The second kappa shape index (κ2) is 18.5. The van der Waals surface area contributed by atoms with Gasteiger partial charge >= 0.3 is 93.3 Å². The van der Waals surface area contributed by atoms with Gasteiger partial charge in [0.1, 0.15) is 24.4 Å². The molecule has 152 valence electrons. The molecule has 0 rings (SSSR count). The summed E-state index contributed by atoms with van der Waals surface area (Å²) < 4.78 is 21.1. The molecule has 0 aromatic carbocycles. The second-order valence-electron chi connectivity index (χ2n) is 6.20. The molecule has 0 aliphatic heterocycles. The molecular weight excluding hydrogens is 384 g/mol. The topological polar surface area (TPSA) is 144 Å². The first kappa shape index (κ1) is 29.5. The van der Waals surface area contributed by atoms with E-state index in [0.717, 1.165) is 0 Å². The molecule has 0 atom stereocenters. The summed E-state index contributed by atoms with van der Waals surface area (Å²) >= 11 is -2.82. The maximum absolute atomic E-state index is 11.1. The minimum atomic E-state index is -2.82. The summed E-state index contributed by atoms with van der Waals surface area (Å²) in [6.07, 6.45) is -0.722. The van der Waals surface area contributed by atoms with Crippen LogP contribution in [0.4, 0.5) is 0 Å². The Morgan fingerprint density at radius 3 is 1.15 bits per heavy atom. The van der Waals surface area contributed by atoms with Gasteiger partial charge in [0, 0.05) is 0 Å². The van der Waals surface area contributed by atoms with Gasteiger partial charge in [-0.1, -0.05) is 0 Å². The van der Waals surface area contributed by atoms with Crippen LogP contribution in [0.15, 0.2) is 0 Å². The Balaban J connectivity index is -0.000000326. The Labute approximate surface area is 161 Å². The number of rotatable bonds is 10. The molecule has 0 aliphatic carbocycles. The number of carbonyl (C=O) groups excluding carboxylic acids is 2. The van der Waals surface area contributed by atoms with E-state index in [4.69, 9.17) is 16.8 Å². The third-order valence-electron chi connectivity index (χ3n) is 1.87. The van der Waals surface area contributed by atoms with Crippen molar-refractivity contribution in [1.29, 1.82) is 0 Å². The van der Waals surface area contributed by atoms with Crippen LogP contribution in [0, 0.1) is 11.8 Å². The Hall–Kier alpha value is -1.29. The predicted molar refractivity (Wildman–Crippen MR) is 88.1 cm³/mol. The van der Waals surface area contributed by atoms with E-state index >= 15 is 0 Å². The number of aliphatic carboxylic acids is 2. The van der Waals surface area contributed by atoms with Crippen LogP contribution in [-0.2, 0) is 47.8 Å². The van der Waals surface area contributed by atoms with Gasteiger partial charge in [-0.15, -0.1) is 0 Å². The first-order valence-corrected chi connectivity index (χ1v) is 9.91. The molecule has 9 nitrogen and oxygen atoms in total. The molecule has 0 saturated heterocycles. The normalized spacial score (nSPS) is 9.54. The zero-order valence-corrected chi connectivity index (χ0v) is 17.8. The molecule has 0 unspecified atom stereocenters. The average Bonchev–Trinajstić information content (AvgIpc) is 2.41. The van der Waals surface area contributed by atoms with Crippen molar-refractivity contribution in [3.8, 4) is 0 Å². The number of carboxylic acid groups (broad SMARTS) is 2. The molecule has 0 amide bonds. The first-order chi connectivity index (χ1) is 11.8. The minimum absolute atomic E-state index is 0.312. The van der Waals surface area contributed by atoms with Gasteiger partial charge in [0.25, 0.3) is 0 Å². The summed E-state index contributed by atoms with van der Waals surface area (Å²) in [5, 5.41) is 15.7. The van der Waals surface area contributed by atoms with E-state index in [-0.39, 0.29) is 24.4 Å². The molecule has 0 radical (unpaired) electrons. The first-order valence-electron chi connectivity index (χ1n) is 7.99. The molecular formula is C16H30O9Ti. The van der Waals surface area contributed by atoms with E-state index in [0.29, 0.717) is 25.0 Å². The monoisotopic (exact) mass is 414 g/mol. The molecule has 2 N–H and O–H groups in total. The zero-order chi connectivity index (χ0) is 21.3. The summed E-state index contributed by atoms with van der Waals surface area (Å²) in [4.78, 5) is 38.9. The van der Waals surface area contributed by atoms with Gasteiger partial charge in [0.15, 0.2) is 0 Å². The Kier molecular flexibility index (Phi) is 21.0. The third kappa shape index (κ3) is 38.3. The molecule has 0 fully saturated rings. The summed E-state index contributed by atoms with van der Waals surface area (Å²) in [5.74, 6) is -1.91. The van der Waals surface area contributed by atoms with Crippen molar-refractivity contribution in [3.05, 3.63) is 0 Å². The van der Waals surface area contributed by atoms with E-state index in [1.807, 2.05) is 27.7 Å². The van der Waals surface area contributed by atoms with Crippen LogP contribution < -0.4 is 0 Å². The van der Waals surface area contributed by atoms with Crippen LogP contribution in [0.1, 0.15) is 54.4 Å². The quantitative estimate of drug-likeness (QED) is 0.406. The number of carboxylic acids is 2. The van der Waals surface area contributed by atoms with E-state index in [1.54, 1.807) is 0 Å². The molecule has 26 heavy (non-hydrogen) atoms. The number of hydrogen-bond acceptors (Lipinski definition) is 7. The summed E-state index contributed by atoms with van der Waals surface area (Å²) in [5.41, 5.74) is 0. The van der Waals surface area contributed by atoms with Gasteiger partial charge in [-0.25, -0.2) is 0 Å². The molecule has 0 aromatic heterocycles. The summed E-state index contributed by atoms with van der Waals surface area (Å²) in [7, 11) is 0.